The Morgan fingerprint density at radius 2 is 1.12 bits per heavy atom. The molecular weight excluding hydrogens is 308 g/mol. The predicted octanol–water partition coefficient (Wildman–Crippen LogP) is 4.98. The van der Waals surface area contributed by atoms with Gasteiger partial charge in [0.15, 0.2) is 5.78 Å². The molecule has 0 aliphatic heterocycles. The maximum atomic E-state index is 12.1. The fourth-order valence-corrected chi connectivity index (χ4v) is 2.85. The molecule has 0 atom stereocenters. The van der Waals surface area contributed by atoms with Crippen LogP contribution in [0.25, 0.3) is 0 Å². The van der Waals surface area contributed by atoms with Gasteiger partial charge in [-0.05, 0) is 36.4 Å². The van der Waals surface area contributed by atoms with Crippen molar-refractivity contribution in [2.24, 2.45) is 5.10 Å². The SMILES string of the molecule is O=C1C=C/C(=N\N(c2ccccc2)c2ccccc2)c2ccccc21. The van der Waals surface area contributed by atoms with Gasteiger partial charge in [-0.15, -0.1) is 0 Å². The average Bonchev–Trinajstić information content (AvgIpc) is 2.69. The normalized spacial score (nSPS) is 14.4. The standard InChI is InChI=1S/C22H16N2O/c25-22-16-15-21(19-13-7-8-14-20(19)22)23-24(17-9-3-1-4-10-17)18-11-5-2-6-12-18/h1-16H/b23-21+. The monoisotopic (exact) mass is 324 g/mol. The smallest absolute Gasteiger partial charge is 0.186 e. The fourth-order valence-electron chi connectivity index (χ4n) is 2.85. The molecule has 0 saturated heterocycles. The molecule has 0 amide bonds. The molecule has 3 aromatic rings. The average molecular weight is 324 g/mol. The first kappa shape index (κ1) is 15.1. The van der Waals surface area contributed by atoms with E-state index in [-0.39, 0.29) is 5.78 Å². The van der Waals surface area contributed by atoms with E-state index in [2.05, 4.69) is 0 Å². The molecule has 0 aromatic heterocycles. The van der Waals surface area contributed by atoms with E-state index < -0.39 is 0 Å². The van der Waals surface area contributed by atoms with Crippen LogP contribution in [0.2, 0.25) is 0 Å². The number of anilines is 2. The van der Waals surface area contributed by atoms with Gasteiger partial charge in [0.05, 0.1) is 17.1 Å². The van der Waals surface area contributed by atoms with Gasteiger partial charge in [0, 0.05) is 11.1 Å². The molecular formula is C22H16N2O. The van der Waals surface area contributed by atoms with Crippen molar-refractivity contribution in [3.8, 4) is 0 Å². The summed E-state index contributed by atoms with van der Waals surface area (Å²) in [4.78, 5) is 12.1. The molecule has 3 aromatic carbocycles. The summed E-state index contributed by atoms with van der Waals surface area (Å²) >= 11 is 0. The number of benzene rings is 3. The van der Waals surface area contributed by atoms with E-state index in [0.29, 0.717) is 5.56 Å². The molecule has 3 heteroatoms. The highest BCUT2D eigenvalue weighted by molar-refractivity contribution is 6.24. The van der Waals surface area contributed by atoms with Gasteiger partial charge in [0.25, 0.3) is 0 Å². The largest absolute Gasteiger partial charge is 0.289 e. The Hall–Kier alpha value is -3.46. The number of hydrazone groups is 1. The Morgan fingerprint density at radius 1 is 0.600 bits per heavy atom. The molecule has 3 nitrogen and oxygen atoms in total. The molecule has 1 aliphatic rings. The van der Waals surface area contributed by atoms with Crippen molar-refractivity contribution in [2.75, 3.05) is 5.01 Å². The number of ketones is 1. The summed E-state index contributed by atoms with van der Waals surface area (Å²) in [5.74, 6) is 0.0144. The molecule has 0 spiro atoms. The third-order valence-corrected chi connectivity index (χ3v) is 4.07. The molecule has 0 unspecified atom stereocenters. The van der Waals surface area contributed by atoms with Gasteiger partial charge in [-0.3, -0.25) is 4.79 Å². The number of nitrogens with zero attached hydrogens (tertiary/aromatic N) is 2. The Labute approximate surface area is 146 Å². The third kappa shape index (κ3) is 3.00. The highest BCUT2D eigenvalue weighted by atomic mass is 16.1. The number of rotatable bonds is 3. The number of hydrogen-bond acceptors (Lipinski definition) is 3. The van der Waals surface area contributed by atoms with Crippen LogP contribution in [-0.2, 0) is 0 Å². The quantitative estimate of drug-likeness (QED) is 0.636. The summed E-state index contributed by atoms with van der Waals surface area (Å²) in [5, 5.41) is 6.76. The molecule has 0 N–H and O–H groups in total. The van der Waals surface area contributed by atoms with E-state index in [1.165, 1.54) is 0 Å². The number of allylic oxidation sites excluding steroid dienone is 2. The molecule has 0 fully saturated rings. The van der Waals surface area contributed by atoms with E-state index in [0.717, 1.165) is 22.6 Å². The second-order valence-electron chi connectivity index (χ2n) is 5.71. The second-order valence-corrected chi connectivity index (χ2v) is 5.71. The first-order valence-corrected chi connectivity index (χ1v) is 8.13. The lowest BCUT2D eigenvalue weighted by atomic mass is 9.94. The minimum absolute atomic E-state index is 0.0144. The predicted molar refractivity (Wildman–Crippen MR) is 101 cm³/mol. The zero-order chi connectivity index (χ0) is 17.1. The maximum Gasteiger partial charge on any atom is 0.186 e. The number of para-hydroxylation sites is 2. The van der Waals surface area contributed by atoms with Crippen molar-refractivity contribution >= 4 is 22.9 Å². The van der Waals surface area contributed by atoms with Crippen LogP contribution in [0, 0.1) is 0 Å². The molecule has 0 heterocycles. The van der Waals surface area contributed by atoms with Crippen LogP contribution in [0.4, 0.5) is 11.4 Å². The summed E-state index contributed by atoms with van der Waals surface area (Å²) in [7, 11) is 0. The fraction of sp³-hybridized carbons (Fsp3) is 0. The zero-order valence-corrected chi connectivity index (χ0v) is 13.5. The Kier molecular flexibility index (Phi) is 3.97. The van der Waals surface area contributed by atoms with Crippen molar-refractivity contribution in [3.05, 3.63) is 108 Å². The Morgan fingerprint density at radius 3 is 1.72 bits per heavy atom. The maximum absolute atomic E-state index is 12.1. The third-order valence-electron chi connectivity index (χ3n) is 4.07. The Bertz CT molecular complexity index is 920. The summed E-state index contributed by atoms with van der Waals surface area (Å²) in [6.07, 6.45) is 3.36. The molecule has 120 valence electrons. The van der Waals surface area contributed by atoms with Crippen LogP contribution in [0.1, 0.15) is 15.9 Å². The van der Waals surface area contributed by atoms with Crippen molar-refractivity contribution in [1.29, 1.82) is 0 Å². The van der Waals surface area contributed by atoms with Crippen LogP contribution < -0.4 is 5.01 Å². The summed E-state index contributed by atoms with van der Waals surface area (Å²) in [6, 6.07) is 27.5. The molecule has 1 aliphatic carbocycles. The molecule has 0 saturated carbocycles. The van der Waals surface area contributed by atoms with E-state index in [4.69, 9.17) is 5.10 Å². The topological polar surface area (TPSA) is 32.7 Å². The second kappa shape index (κ2) is 6.57. The molecule has 4 rings (SSSR count). The minimum Gasteiger partial charge on any atom is -0.289 e. The molecule has 0 bridgehead atoms. The molecule has 25 heavy (non-hydrogen) atoms. The van der Waals surface area contributed by atoms with Gasteiger partial charge >= 0.3 is 0 Å². The first-order chi connectivity index (χ1) is 12.3. The van der Waals surface area contributed by atoms with Crippen LogP contribution >= 0.6 is 0 Å². The van der Waals surface area contributed by atoms with Gasteiger partial charge in [-0.1, -0.05) is 60.7 Å². The highest BCUT2D eigenvalue weighted by Gasteiger charge is 2.18. The first-order valence-electron chi connectivity index (χ1n) is 8.13. The van der Waals surface area contributed by atoms with Gasteiger partial charge in [-0.25, -0.2) is 5.01 Å². The van der Waals surface area contributed by atoms with Crippen molar-refractivity contribution in [1.82, 2.24) is 0 Å². The lowest BCUT2D eigenvalue weighted by Gasteiger charge is -2.22. The molecule has 0 radical (unpaired) electrons. The van der Waals surface area contributed by atoms with E-state index >= 15 is 0 Å². The van der Waals surface area contributed by atoms with Crippen molar-refractivity contribution in [3.63, 3.8) is 0 Å². The van der Waals surface area contributed by atoms with Gasteiger partial charge in [0.1, 0.15) is 0 Å². The number of carbonyl (C=O) groups is 1. The zero-order valence-electron chi connectivity index (χ0n) is 13.5. The van der Waals surface area contributed by atoms with Crippen molar-refractivity contribution < 1.29 is 4.79 Å². The summed E-state index contributed by atoms with van der Waals surface area (Å²) < 4.78 is 0. The van der Waals surface area contributed by atoms with Crippen LogP contribution in [0.3, 0.4) is 0 Å². The minimum atomic E-state index is 0.0144. The number of carbonyl (C=O) groups excluding carboxylic acids is 1. The van der Waals surface area contributed by atoms with Gasteiger partial charge in [-0.2, -0.15) is 5.10 Å². The lowest BCUT2D eigenvalue weighted by molar-refractivity contribution is 0.104. The van der Waals surface area contributed by atoms with Gasteiger partial charge in [0.2, 0.25) is 0 Å². The van der Waals surface area contributed by atoms with Crippen LogP contribution in [0.5, 0.6) is 0 Å². The number of fused-ring (bicyclic) bond motifs is 1. The van der Waals surface area contributed by atoms with Crippen LogP contribution in [-0.4, -0.2) is 11.5 Å². The summed E-state index contributed by atoms with van der Waals surface area (Å²) in [5.41, 5.74) is 4.23. The van der Waals surface area contributed by atoms with E-state index in [9.17, 15) is 4.79 Å². The van der Waals surface area contributed by atoms with E-state index in [1.54, 1.807) is 12.2 Å². The summed E-state index contributed by atoms with van der Waals surface area (Å²) in [6.45, 7) is 0. The lowest BCUT2D eigenvalue weighted by Crippen LogP contribution is -2.17. The van der Waals surface area contributed by atoms with Gasteiger partial charge < -0.3 is 0 Å². The Balaban J connectivity index is 1.86. The number of hydrogen-bond donors (Lipinski definition) is 0. The van der Waals surface area contributed by atoms with Crippen molar-refractivity contribution in [2.45, 2.75) is 0 Å². The van der Waals surface area contributed by atoms with Crippen LogP contribution in [0.15, 0.2) is 102 Å². The highest BCUT2D eigenvalue weighted by Crippen LogP contribution is 2.27. The van der Waals surface area contributed by atoms with E-state index in [1.807, 2.05) is 89.9 Å².